The maximum atomic E-state index is 14.1. The highest BCUT2D eigenvalue weighted by Gasteiger charge is 2.65. The van der Waals surface area contributed by atoms with E-state index in [0.717, 1.165) is 11.1 Å². The quantitative estimate of drug-likeness (QED) is 0.396. The Hall–Kier alpha value is -3.95. The van der Waals surface area contributed by atoms with E-state index in [0.29, 0.717) is 5.56 Å². The number of benzene rings is 2. The molecule has 6 N–H and O–H groups in total. The summed E-state index contributed by atoms with van der Waals surface area (Å²) in [6, 6.07) is 11.3. The Bertz CT molecular complexity index is 1420. The number of rotatable bonds is 3. The molecule has 1 fully saturated rings. The number of amides is 1. The molecule has 2 aromatic rings. The van der Waals surface area contributed by atoms with Crippen LogP contribution in [0.5, 0.6) is 5.75 Å². The summed E-state index contributed by atoms with van der Waals surface area (Å²) in [5, 5.41) is 44.8. The zero-order valence-corrected chi connectivity index (χ0v) is 20.6. The minimum atomic E-state index is -2.67. The van der Waals surface area contributed by atoms with Crippen molar-refractivity contribution in [3.05, 3.63) is 81.6 Å². The lowest BCUT2D eigenvalue weighted by Gasteiger charge is -2.51. The Kier molecular flexibility index (Phi) is 5.54. The van der Waals surface area contributed by atoms with Crippen LogP contribution in [0.15, 0.2) is 59.4 Å². The molecule has 9 heteroatoms. The van der Waals surface area contributed by atoms with Crippen LogP contribution < -0.4 is 5.73 Å². The number of primary amides is 1. The number of aliphatic hydroxyl groups is 3. The Morgan fingerprint density at radius 1 is 1.05 bits per heavy atom. The summed E-state index contributed by atoms with van der Waals surface area (Å²) in [7, 11) is 3.14. The number of aryl methyl sites for hydroxylation is 1. The molecule has 0 bridgehead atoms. The topological polar surface area (TPSA) is 161 Å². The predicted molar refractivity (Wildman–Crippen MR) is 134 cm³/mol. The average molecular weight is 505 g/mol. The number of fused-ring (bicyclic) bond motifs is 3. The average Bonchev–Trinajstić information content (AvgIpc) is 2.82. The van der Waals surface area contributed by atoms with Gasteiger partial charge in [-0.25, -0.2) is 0 Å². The van der Waals surface area contributed by atoms with E-state index in [9.17, 15) is 34.8 Å². The van der Waals surface area contributed by atoms with Crippen LogP contribution in [0.2, 0.25) is 0 Å². The minimum Gasteiger partial charge on any atom is -0.508 e. The Balaban J connectivity index is 1.81. The fraction of sp³-hybridized carbons (Fsp3) is 0.321. The summed E-state index contributed by atoms with van der Waals surface area (Å²) in [4.78, 5) is 41.0. The van der Waals surface area contributed by atoms with E-state index < -0.39 is 64.0 Å². The van der Waals surface area contributed by atoms with Crippen LogP contribution in [0.4, 0.5) is 0 Å². The molecule has 0 unspecified atom stereocenters. The molecular formula is C28H28N2O7. The van der Waals surface area contributed by atoms with Gasteiger partial charge in [0.1, 0.15) is 22.8 Å². The molecule has 0 radical (unpaired) electrons. The van der Waals surface area contributed by atoms with Gasteiger partial charge in [-0.15, -0.1) is 0 Å². The normalized spacial score (nSPS) is 29.2. The molecule has 0 heterocycles. The monoisotopic (exact) mass is 504 g/mol. The Labute approximate surface area is 213 Å². The second kappa shape index (κ2) is 8.29. The van der Waals surface area contributed by atoms with Gasteiger partial charge in [0.05, 0.1) is 11.6 Å². The SMILES string of the molecule is Cc1ccc([C@@H]2c3cccc(O)c3C(O)=C3C(=O)[C@]4(O)C(O)=C(C(N)=O)C(=O)[C@@H](N(C)C)[C@@H]4C[C@@H]32)cc1. The molecule has 0 aliphatic heterocycles. The maximum absolute atomic E-state index is 14.1. The molecule has 0 aromatic heterocycles. The van der Waals surface area contributed by atoms with Gasteiger partial charge in [0.25, 0.3) is 5.91 Å². The Morgan fingerprint density at radius 2 is 1.70 bits per heavy atom. The number of phenols is 1. The summed E-state index contributed by atoms with van der Waals surface area (Å²) in [6.07, 6.45) is 0.0139. The molecular weight excluding hydrogens is 476 g/mol. The van der Waals surface area contributed by atoms with Crippen LogP contribution in [0.3, 0.4) is 0 Å². The number of aliphatic hydroxyl groups excluding tert-OH is 2. The van der Waals surface area contributed by atoms with Gasteiger partial charge in [-0.3, -0.25) is 19.3 Å². The zero-order valence-electron chi connectivity index (χ0n) is 20.6. The fourth-order valence-electron chi connectivity index (χ4n) is 6.41. The first-order valence-corrected chi connectivity index (χ1v) is 11.9. The molecule has 0 saturated heterocycles. The minimum absolute atomic E-state index is 0.0139. The highest BCUT2D eigenvalue weighted by Crippen LogP contribution is 2.57. The van der Waals surface area contributed by atoms with Gasteiger partial charge in [0.15, 0.2) is 11.4 Å². The van der Waals surface area contributed by atoms with Crippen molar-refractivity contribution in [3.8, 4) is 5.75 Å². The third kappa shape index (κ3) is 3.27. The fourth-order valence-corrected chi connectivity index (χ4v) is 6.41. The largest absolute Gasteiger partial charge is 0.508 e. The number of likely N-dealkylation sites (N-methyl/N-ethyl adjacent to an activating group) is 1. The number of phenolic OH excluding ortho intramolecular Hbond substituents is 1. The molecule has 1 saturated carbocycles. The first kappa shape index (κ1) is 24.7. The summed E-state index contributed by atoms with van der Waals surface area (Å²) in [5.41, 5.74) is 4.17. The van der Waals surface area contributed by atoms with E-state index in [1.165, 1.54) is 11.0 Å². The number of nitrogens with two attached hydrogens (primary N) is 1. The van der Waals surface area contributed by atoms with Crippen LogP contribution in [-0.4, -0.2) is 68.5 Å². The molecule has 0 spiro atoms. The van der Waals surface area contributed by atoms with E-state index in [1.54, 1.807) is 26.2 Å². The summed E-state index contributed by atoms with van der Waals surface area (Å²) < 4.78 is 0. The van der Waals surface area contributed by atoms with Gasteiger partial charge >= 0.3 is 0 Å². The van der Waals surface area contributed by atoms with Gasteiger partial charge in [-0.1, -0.05) is 42.0 Å². The van der Waals surface area contributed by atoms with E-state index in [-0.39, 0.29) is 23.3 Å². The zero-order chi connectivity index (χ0) is 27.0. The number of carbonyl (C=O) groups is 3. The first-order chi connectivity index (χ1) is 17.4. The van der Waals surface area contributed by atoms with Gasteiger partial charge < -0.3 is 26.2 Å². The molecule has 5 rings (SSSR count). The second-order valence-corrected chi connectivity index (χ2v) is 10.3. The predicted octanol–water partition coefficient (Wildman–Crippen LogP) is 1.86. The number of Topliss-reactive ketones (excluding diaryl/α,β-unsaturated/α-hetero) is 2. The lowest BCUT2D eigenvalue weighted by molar-refractivity contribution is -0.154. The van der Waals surface area contributed by atoms with Gasteiger partial charge in [0, 0.05) is 23.3 Å². The van der Waals surface area contributed by atoms with E-state index in [4.69, 9.17) is 5.73 Å². The van der Waals surface area contributed by atoms with Crippen molar-refractivity contribution in [2.75, 3.05) is 14.1 Å². The number of aromatic hydroxyl groups is 1. The van der Waals surface area contributed by atoms with Crippen molar-refractivity contribution < 1.29 is 34.8 Å². The van der Waals surface area contributed by atoms with Gasteiger partial charge in [-0.2, -0.15) is 0 Å². The van der Waals surface area contributed by atoms with E-state index >= 15 is 0 Å². The molecule has 5 atom stereocenters. The first-order valence-electron chi connectivity index (χ1n) is 11.9. The number of hydrogen-bond acceptors (Lipinski definition) is 8. The third-order valence-corrected chi connectivity index (χ3v) is 8.04. The molecule has 37 heavy (non-hydrogen) atoms. The van der Waals surface area contributed by atoms with E-state index in [1.807, 2.05) is 31.2 Å². The highest BCUT2D eigenvalue weighted by molar-refractivity contribution is 6.24. The molecule has 2 aromatic carbocycles. The van der Waals surface area contributed by atoms with Crippen molar-refractivity contribution in [1.29, 1.82) is 0 Å². The Morgan fingerprint density at radius 3 is 2.30 bits per heavy atom. The van der Waals surface area contributed by atoms with E-state index in [2.05, 4.69) is 0 Å². The lowest BCUT2D eigenvalue weighted by atomic mass is 9.54. The van der Waals surface area contributed by atoms with Crippen molar-refractivity contribution in [2.24, 2.45) is 17.6 Å². The van der Waals surface area contributed by atoms with Crippen molar-refractivity contribution in [3.63, 3.8) is 0 Å². The summed E-state index contributed by atoms with van der Waals surface area (Å²) >= 11 is 0. The third-order valence-electron chi connectivity index (χ3n) is 8.04. The van der Waals surface area contributed by atoms with Gasteiger partial charge in [0.2, 0.25) is 5.78 Å². The number of nitrogens with zero attached hydrogens (tertiary/aromatic N) is 1. The second-order valence-electron chi connectivity index (χ2n) is 10.3. The van der Waals surface area contributed by atoms with Crippen LogP contribution in [0.1, 0.15) is 34.6 Å². The molecule has 9 nitrogen and oxygen atoms in total. The molecule has 3 aliphatic carbocycles. The van der Waals surface area contributed by atoms with Crippen LogP contribution in [0, 0.1) is 18.8 Å². The van der Waals surface area contributed by atoms with Crippen molar-refractivity contribution in [2.45, 2.75) is 30.9 Å². The number of ketones is 2. The van der Waals surface area contributed by atoms with Crippen molar-refractivity contribution in [1.82, 2.24) is 4.90 Å². The molecule has 3 aliphatic rings. The van der Waals surface area contributed by atoms with Crippen molar-refractivity contribution >= 4 is 23.2 Å². The lowest BCUT2D eigenvalue weighted by Crippen LogP contribution is -2.66. The smallest absolute Gasteiger partial charge is 0.255 e. The highest BCUT2D eigenvalue weighted by atomic mass is 16.3. The van der Waals surface area contributed by atoms with Crippen LogP contribution in [-0.2, 0) is 14.4 Å². The standard InChI is InChI=1S/C28H28N2O7/c1-12-7-9-13(10-8-12)18-14-5-4-6-17(31)19(14)23(32)20-15(18)11-16-22(30(2)3)24(33)21(27(29)36)26(35)28(16,37)25(20)34/h4-10,15-16,18,22,31-32,35,37H,11H2,1-3H3,(H2,29,36)/t15-,16+,18-,22+,28+/m1/s1. The molecule has 192 valence electrons. The number of hydrogen-bond donors (Lipinski definition) is 5. The maximum Gasteiger partial charge on any atom is 0.255 e. The van der Waals surface area contributed by atoms with Crippen LogP contribution in [0.25, 0.3) is 5.76 Å². The van der Waals surface area contributed by atoms with Crippen LogP contribution >= 0.6 is 0 Å². The summed E-state index contributed by atoms with van der Waals surface area (Å²) in [6.45, 7) is 1.94. The number of carbonyl (C=O) groups excluding carboxylic acids is 3. The summed E-state index contributed by atoms with van der Waals surface area (Å²) in [5.74, 6) is -7.30. The molecule has 1 amide bonds. The van der Waals surface area contributed by atoms with Gasteiger partial charge in [-0.05, 0) is 44.6 Å².